The Morgan fingerprint density at radius 2 is 1.95 bits per heavy atom. The average molecular weight is 546 g/mol. The van der Waals surface area contributed by atoms with E-state index in [0.29, 0.717) is 28.9 Å². The highest BCUT2D eigenvalue weighted by Crippen LogP contribution is 2.40. The zero-order valence-corrected chi connectivity index (χ0v) is 22.9. The lowest BCUT2D eigenvalue weighted by molar-refractivity contribution is 0.108. The maximum absolute atomic E-state index is 16.5. The summed E-state index contributed by atoms with van der Waals surface area (Å²) in [5, 5.41) is 4.75. The molecule has 3 saturated heterocycles. The Labute approximate surface area is 231 Å². The van der Waals surface area contributed by atoms with Crippen LogP contribution in [0.1, 0.15) is 37.8 Å². The predicted octanol–water partition coefficient (Wildman–Crippen LogP) is 4.63. The first-order chi connectivity index (χ1) is 19.4. The summed E-state index contributed by atoms with van der Waals surface area (Å²) >= 11 is 0. The number of hydrogen-bond acceptors (Lipinski definition) is 8. The minimum Gasteiger partial charge on any atom is -0.461 e. The van der Waals surface area contributed by atoms with Crippen molar-refractivity contribution in [3.8, 4) is 17.4 Å². The van der Waals surface area contributed by atoms with Gasteiger partial charge in [0.15, 0.2) is 5.82 Å². The van der Waals surface area contributed by atoms with Crippen LogP contribution in [0.25, 0.3) is 33.1 Å². The molecule has 3 aromatic heterocycles. The quantitative estimate of drug-likeness (QED) is 0.376. The molecule has 3 aliphatic rings. The Balaban J connectivity index is 1.37. The summed E-state index contributed by atoms with van der Waals surface area (Å²) < 4.78 is 37.8. The number of fused-ring (bicyclic) bond motifs is 3. The minimum atomic E-state index is -0.659. The fraction of sp³-hybridized carbons (Fsp3) is 0.467. The molecule has 3 fully saturated rings. The molecule has 0 bridgehead atoms. The van der Waals surface area contributed by atoms with Gasteiger partial charge in [-0.25, -0.2) is 8.78 Å². The molecule has 0 radical (unpaired) electrons. The molecule has 40 heavy (non-hydrogen) atoms. The van der Waals surface area contributed by atoms with Crippen molar-refractivity contribution >= 4 is 27.5 Å². The van der Waals surface area contributed by atoms with E-state index < -0.39 is 11.6 Å². The van der Waals surface area contributed by atoms with Gasteiger partial charge in [-0.3, -0.25) is 14.9 Å². The van der Waals surface area contributed by atoms with Crippen LogP contribution in [-0.2, 0) is 0 Å². The van der Waals surface area contributed by atoms with Crippen LogP contribution in [0, 0.1) is 18.6 Å². The van der Waals surface area contributed by atoms with Gasteiger partial charge in [0, 0.05) is 36.9 Å². The lowest BCUT2D eigenvalue weighted by Gasteiger charge is -2.31. The van der Waals surface area contributed by atoms with Gasteiger partial charge < -0.3 is 15.0 Å². The van der Waals surface area contributed by atoms with Gasteiger partial charge in [-0.15, -0.1) is 0 Å². The molecular weight excluding hydrogens is 512 g/mol. The number of likely N-dealkylation sites (N-methyl/N-ethyl adjacent to an activating group) is 1. The van der Waals surface area contributed by atoms with Crippen molar-refractivity contribution in [1.29, 1.82) is 0 Å². The molecule has 0 aliphatic carbocycles. The third-order valence-electron chi connectivity index (χ3n) is 9.00. The summed E-state index contributed by atoms with van der Waals surface area (Å²) in [7, 11) is 1.97. The van der Waals surface area contributed by atoms with Gasteiger partial charge in [0.1, 0.15) is 35.1 Å². The molecule has 1 atom stereocenters. The first-order valence-corrected chi connectivity index (χ1v) is 14.2. The van der Waals surface area contributed by atoms with Crippen molar-refractivity contribution in [2.75, 3.05) is 44.7 Å². The van der Waals surface area contributed by atoms with Crippen LogP contribution in [0.15, 0.2) is 30.5 Å². The number of rotatable bonds is 6. The highest BCUT2D eigenvalue weighted by molar-refractivity contribution is 5.98. The van der Waals surface area contributed by atoms with Gasteiger partial charge in [-0.2, -0.15) is 9.97 Å². The van der Waals surface area contributed by atoms with Gasteiger partial charge >= 0.3 is 6.01 Å². The molecule has 8 nitrogen and oxygen atoms in total. The van der Waals surface area contributed by atoms with E-state index in [1.165, 1.54) is 6.07 Å². The van der Waals surface area contributed by atoms with Gasteiger partial charge in [0.25, 0.3) is 0 Å². The van der Waals surface area contributed by atoms with Crippen LogP contribution < -0.4 is 15.0 Å². The molecule has 208 valence electrons. The Morgan fingerprint density at radius 3 is 2.73 bits per heavy atom. The Bertz CT molecular complexity index is 1600. The van der Waals surface area contributed by atoms with E-state index in [1.807, 2.05) is 7.05 Å². The molecule has 10 heteroatoms. The van der Waals surface area contributed by atoms with Crippen LogP contribution in [0.2, 0.25) is 0 Å². The van der Waals surface area contributed by atoms with E-state index in [2.05, 4.69) is 30.1 Å². The maximum Gasteiger partial charge on any atom is 0.319 e. The number of nitrogens with one attached hydrogen (secondary N) is 1. The van der Waals surface area contributed by atoms with E-state index in [4.69, 9.17) is 9.72 Å². The molecule has 7 rings (SSSR count). The fourth-order valence-corrected chi connectivity index (χ4v) is 6.89. The molecular formula is C30H33F2N7O. The van der Waals surface area contributed by atoms with Crippen LogP contribution in [0.5, 0.6) is 6.01 Å². The maximum atomic E-state index is 16.5. The number of nitrogens with zero attached hydrogens (tertiary/aromatic N) is 6. The van der Waals surface area contributed by atoms with E-state index in [-0.39, 0.29) is 39.9 Å². The first-order valence-electron chi connectivity index (χ1n) is 14.2. The summed E-state index contributed by atoms with van der Waals surface area (Å²) in [5.41, 5.74) is 0.872. The highest BCUT2D eigenvalue weighted by atomic mass is 19.1. The first kappa shape index (κ1) is 25.5. The van der Waals surface area contributed by atoms with Crippen molar-refractivity contribution in [2.24, 2.45) is 0 Å². The smallest absolute Gasteiger partial charge is 0.319 e. The van der Waals surface area contributed by atoms with E-state index >= 15 is 8.78 Å². The summed E-state index contributed by atoms with van der Waals surface area (Å²) in [6.45, 7) is 6.17. The largest absolute Gasteiger partial charge is 0.461 e. The van der Waals surface area contributed by atoms with Gasteiger partial charge in [0.2, 0.25) is 0 Å². The second kappa shape index (κ2) is 9.85. The topological polar surface area (TPSA) is 79.3 Å². The second-order valence-electron chi connectivity index (χ2n) is 11.4. The van der Waals surface area contributed by atoms with Crippen molar-refractivity contribution < 1.29 is 13.5 Å². The standard InChI is InChI=1S/C30H33F2N7O/c1-18-14-19-6-3-7-22(31)23(19)26(35-18)27-24(32)25-21(16-34-27)28(38(2)20-8-11-33-15-20)37-29(36-25)40-17-30-9-4-12-39(30)13-5-10-30/h3,6-7,14,16,20,33H,4-5,8-13,15,17H2,1-2H3/t20-/m1/s1. The van der Waals surface area contributed by atoms with Crippen LogP contribution in [-0.4, -0.2) is 76.3 Å². The summed E-state index contributed by atoms with van der Waals surface area (Å²) in [4.78, 5) is 23.0. The predicted molar refractivity (Wildman–Crippen MR) is 151 cm³/mol. The number of aromatic nitrogens is 4. The monoisotopic (exact) mass is 545 g/mol. The fourth-order valence-electron chi connectivity index (χ4n) is 6.89. The molecule has 0 saturated carbocycles. The van der Waals surface area contributed by atoms with Gasteiger partial charge in [-0.1, -0.05) is 12.1 Å². The molecule has 6 heterocycles. The molecule has 4 aromatic rings. The SMILES string of the molecule is Cc1cc2cccc(F)c2c(-c2ncc3c(N(C)[C@@H]4CCNC4)nc(OCC45CCCN4CCC5)nc3c2F)n1. The zero-order chi connectivity index (χ0) is 27.4. The lowest BCUT2D eigenvalue weighted by Crippen LogP contribution is -2.43. The molecule has 1 N–H and O–H groups in total. The van der Waals surface area contributed by atoms with Crippen molar-refractivity contribution in [1.82, 2.24) is 30.2 Å². The van der Waals surface area contributed by atoms with Crippen molar-refractivity contribution in [3.63, 3.8) is 0 Å². The normalized spacial score (nSPS) is 20.4. The van der Waals surface area contributed by atoms with Gasteiger partial charge in [-0.05, 0) is 76.2 Å². The summed E-state index contributed by atoms with van der Waals surface area (Å²) in [5.74, 6) is -0.556. The number of anilines is 1. The van der Waals surface area contributed by atoms with Crippen LogP contribution in [0.3, 0.4) is 0 Å². The third-order valence-corrected chi connectivity index (χ3v) is 9.00. The number of benzene rings is 1. The van der Waals surface area contributed by atoms with Crippen molar-refractivity contribution in [2.45, 2.75) is 50.6 Å². The number of ether oxygens (including phenoxy) is 1. The van der Waals surface area contributed by atoms with Crippen molar-refractivity contribution in [3.05, 3.63) is 47.8 Å². The van der Waals surface area contributed by atoms with E-state index in [9.17, 15) is 0 Å². The highest BCUT2D eigenvalue weighted by Gasteiger charge is 2.45. The number of aryl methyl sites for hydroxylation is 1. The third kappa shape index (κ3) is 4.16. The van der Waals surface area contributed by atoms with Crippen LogP contribution in [0.4, 0.5) is 14.6 Å². The zero-order valence-electron chi connectivity index (χ0n) is 22.9. The molecule has 1 aromatic carbocycles. The Morgan fingerprint density at radius 1 is 1.12 bits per heavy atom. The molecule has 0 amide bonds. The molecule has 0 spiro atoms. The average Bonchev–Trinajstić information content (AvgIpc) is 3.69. The van der Waals surface area contributed by atoms with Gasteiger partial charge in [0.05, 0.1) is 10.9 Å². The molecule has 3 aliphatic heterocycles. The Kier molecular flexibility index (Phi) is 6.27. The van der Waals surface area contributed by atoms with E-state index in [1.54, 1.807) is 31.3 Å². The second-order valence-corrected chi connectivity index (χ2v) is 11.4. The van der Waals surface area contributed by atoms with Crippen LogP contribution >= 0.6 is 0 Å². The molecule has 0 unspecified atom stereocenters. The summed E-state index contributed by atoms with van der Waals surface area (Å²) in [6, 6.07) is 6.92. The number of pyridine rings is 2. The lowest BCUT2D eigenvalue weighted by atomic mass is 9.95. The number of halogens is 2. The Hall–Kier alpha value is -3.50. The van der Waals surface area contributed by atoms with E-state index in [0.717, 1.165) is 58.3 Å². The summed E-state index contributed by atoms with van der Waals surface area (Å²) in [6.07, 6.45) is 7.01. The number of hydrogen-bond donors (Lipinski definition) is 1. The minimum absolute atomic E-state index is 0.00360.